The lowest BCUT2D eigenvalue weighted by Crippen LogP contribution is -2.51. The van der Waals surface area contributed by atoms with Crippen molar-refractivity contribution in [2.75, 3.05) is 26.2 Å². The summed E-state index contributed by atoms with van der Waals surface area (Å²) in [5.41, 5.74) is 3.43. The monoisotopic (exact) mass is 494 g/mol. The number of hydrogen-bond donors (Lipinski definition) is 0. The third kappa shape index (κ3) is 5.85. The van der Waals surface area contributed by atoms with Gasteiger partial charge in [-0.15, -0.1) is 0 Å². The van der Waals surface area contributed by atoms with E-state index in [0.29, 0.717) is 41.8 Å². The highest BCUT2D eigenvalue weighted by atomic mass is 35.5. The summed E-state index contributed by atoms with van der Waals surface area (Å²) in [5, 5.41) is 0.782. The van der Waals surface area contributed by atoms with Crippen LogP contribution in [0.5, 0.6) is 0 Å². The lowest BCUT2D eigenvalue weighted by Gasteiger charge is -2.35. The number of hydrogen-bond acceptors (Lipinski definition) is 3. The standard InChI is InChI=1S/C27H24Cl2N2O3/c28-22-10-11-25(29)24(17-22)27(34)31-14-12-30(13-15-31)26(33)18-23(32)16-19-6-8-21(9-7-19)20-4-2-1-3-5-20/h1-11,17H,12-16,18H2. The molecule has 7 heteroatoms. The van der Waals surface area contributed by atoms with Gasteiger partial charge in [-0.05, 0) is 34.9 Å². The zero-order valence-corrected chi connectivity index (χ0v) is 20.1. The quantitative estimate of drug-likeness (QED) is 0.445. The molecule has 0 radical (unpaired) electrons. The highest BCUT2D eigenvalue weighted by Crippen LogP contribution is 2.23. The molecule has 3 aromatic carbocycles. The number of benzene rings is 3. The molecule has 0 bridgehead atoms. The van der Waals surface area contributed by atoms with Gasteiger partial charge in [0.05, 0.1) is 17.0 Å². The first-order valence-corrected chi connectivity index (χ1v) is 11.8. The van der Waals surface area contributed by atoms with E-state index in [1.54, 1.807) is 28.0 Å². The Morgan fingerprint density at radius 2 is 1.35 bits per heavy atom. The number of ketones is 1. The molecule has 1 aliphatic heterocycles. The topological polar surface area (TPSA) is 57.7 Å². The lowest BCUT2D eigenvalue weighted by atomic mass is 10.0. The average molecular weight is 495 g/mol. The van der Waals surface area contributed by atoms with Crippen molar-refractivity contribution in [3.63, 3.8) is 0 Å². The number of nitrogens with zero attached hydrogens (tertiary/aromatic N) is 2. The summed E-state index contributed by atoms with van der Waals surface area (Å²) in [6.07, 6.45) is 0.0705. The van der Waals surface area contributed by atoms with Crippen LogP contribution < -0.4 is 0 Å². The van der Waals surface area contributed by atoms with Gasteiger partial charge in [-0.2, -0.15) is 0 Å². The molecule has 3 aromatic rings. The van der Waals surface area contributed by atoms with Crippen LogP contribution in [0.3, 0.4) is 0 Å². The van der Waals surface area contributed by atoms with Gasteiger partial charge in [-0.1, -0.05) is 77.8 Å². The number of Topliss-reactive ketones (excluding diaryl/α,β-unsaturated/α-hetero) is 1. The van der Waals surface area contributed by atoms with E-state index in [9.17, 15) is 14.4 Å². The SMILES string of the molecule is O=C(CC(=O)N1CCN(C(=O)c2cc(Cl)ccc2Cl)CC1)Cc1ccc(-c2ccccc2)cc1. The van der Waals surface area contributed by atoms with E-state index in [0.717, 1.165) is 16.7 Å². The van der Waals surface area contributed by atoms with Gasteiger partial charge >= 0.3 is 0 Å². The van der Waals surface area contributed by atoms with Crippen LogP contribution in [0.15, 0.2) is 72.8 Å². The molecule has 0 aromatic heterocycles. The summed E-state index contributed by atoms with van der Waals surface area (Å²) in [6.45, 7) is 1.51. The van der Waals surface area contributed by atoms with Gasteiger partial charge in [0.1, 0.15) is 5.78 Å². The number of amides is 2. The second-order valence-corrected chi connectivity index (χ2v) is 9.10. The van der Waals surface area contributed by atoms with Crippen LogP contribution in [0, 0.1) is 0 Å². The summed E-state index contributed by atoms with van der Waals surface area (Å²) >= 11 is 12.1. The van der Waals surface area contributed by atoms with Crippen molar-refractivity contribution in [2.24, 2.45) is 0 Å². The molecule has 1 heterocycles. The smallest absolute Gasteiger partial charge is 0.255 e. The van der Waals surface area contributed by atoms with Crippen LogP contribution in [0.4, 0.5) is 0 Å². The molecule has 34 heavy (non-hydrogen) atoms. The van der Waals surface area contributed by atoms with Crippen LogP contribution in [-0.4, -0.2) is 53.6 Å². The first-order chi connectivity index (χ1) is 16.4. The Balaban J connectivity index is 1.27. The molecule has 4 rings (SSSR count). The number of piperazine rings is 1. The van der Waals surface area contributed by atoms with E-state index >= 15 is 0 Å². The molecular weight excluding hydrogens is 471 g/mol. The van der Waals surface area contributed by atoms with Crippen molar-refractivity contribution < 1.29 is 14.4 Å². The Labute approximate surface area is 208 Å². The van der Waals surface area contributed by atoms with Gasteiger partial charge in [-0.3, -0.25) is 14.4 Å². The maximum atomic E-state index is 12.8. The Bertz CT molecular complexity index is 1190. The van der Waals surface area contributed by atoms with Gasteiger partial charge in [0.25, 0.3) is 5.91 Å². The van der Waals surface area contributed by atoms with Crippen molar-refractivity contribution in [3.05, 3.63) is 94.0 Å². The Hall–Kier alpha value is -3.15. The van der Waals surface area contributed by atoms with Crippen LogP contribution in [-0.2, 0) is 16.0 Å². The predicted octanol–water partition coefficient (Wildman–Crippen LogP) is 5.15. The molecule has 0 N–H and O–H groups in total. The van der Waals surface area contributed by atoms with Crippen LogP contribution in [0.1, 0.15) is 22.3 Å². The summed E-state index contributed by atoms with van der Waals surface area (Å²) in [6, 6.07) is 22.6. The minimum Gasteiger partial charge on any atom is -0.339 e. The molecule has 2 amide bonds. The van der Waals surface area contributed by atoms with Gasteiger partial charge in [0.15, 0.2) is 0 Å². The minimum atomic E-state index is -0.213. The predicted molar refractivity (Wildman–Crippen MR) is 134 cm³/mol. The molecule has 0 atom stereocenters. The average Bonchev–Trinajstić information content (AvgIpc) is 2.86. The Kier molecular flexibility index (Phi) is 7.66. The molecule has 0 aliphatic carbocycles. The molecular formula is C27H24Cl2N2O3. The van der Waals surface area contributed by atoms with Crippen molar-refractivity contribution in [3.8, 4) is 11.1 Å². The number of halogens is 2. The van der Waals surface area contributed by atoms with Crippen molar-refractivity contribution in [2.45, 2.75) is 12.8 Å². The molecule has 1 aliphatic rings. The van der Waals surface area contributed by atoms with Crippen molar-refractivity contribution in [1.29, 1.82) is 0 Å². The maximum Gasteiger partial charge on any atom is 0.255 e. The van der Waals surface area contributed by atoms with Gasteiger partial charge in [0.2, 0.25) is 5.91 Å². The molecule has 1 fully saturated rings. The number of rotatable bonds is 6. The fourth-order valence-electron chi connectivity index (χ4n) is 4.01. The third-order valence-electron chi connectivity index (χ3n) is 5.89. The number of carbonyl (C=O) groups excluding carboxylic acids is 3. The zero-order chi connectivity index (χ0) is 24.1. The fraction of sp³-hybridized carbons (Fsp3) is 0.222. The molecule has 0 unspecified atom stereocenters. The highest BCUT2D eigenvalue weighted by Gasteiger charge is 2.27. The molecule has 5 nitrogen and oxygen atoms in total. The van der Waals surface area contributed by atoms with Gasteiger partial charge in [-0.25, -0.2) is 0 Å². The fourth-order valence-corrected chi connectivity index (χ4v) is 4.38. The summed E-state index contributed by atoms with van der Waals surface area (Å²) in [4.78, 5) is 41.2. The van der Waals surface area contributed by atoms with E-state index in [1.807, 2.05) is 54.6 Å². The summed E-state index contributed by atoms with van der Waals surface area (Å²) < 4.78 is 0. The molecule has 0 saturated carbocycles. The number of carbonyl (C=O) groups is 3. The van der Waals surface area contributed by atoms with Gasteiger partial charge in [0, 0.05) is 37.6 Å². The van der Waals surface area contributed by atoms with Gasteiger partial charge < -0.3 is 9.80 Å². The normalized spacial score (nSPS) is 13.6. The summed E-state index contributed by atoms with van der Waals surface area (Å²) in [7, 11) is 0. The van der Waals surface area contributed by atoms with Crippen LogP contribution in [0.2, 0.25) is 10.0 Å². The third-order valence-corrected chi connectivity index (χ3v) is 6.45. The first kappa shape index (κ1) is 24.0. The van der Waals surface area contributed by atoms with Crippen molar-refractivity contribution >= 4 is 40.8 Å². The van der Waals surface area contributed by atoms with E-state index in [1.165, 1.54) is 0 Å². The first-order valence-electron chi connectivity index (χ1n) is 11.1. The summed E-state index contributed by atoms with van der Waals surface area (Å²) in [5.74, 6) is -0.546. The Morgan fingerprint density at radius 3 is 2.03 bits per heavy atom. The maximum absolute atomic E-state index is 12.8. The molecule has 0 spiro atoms. The molecule has 174 valence electrons. The van der Waals surface area contributed by atoms with Crippen molar-refractivity contribution in [1.82, 2.24) is 9.80 Å². The van der Waals surface area contributed by atoms with E-state index in [-0.39, 0.29) is 30.4 Å². The zero-order valence-electron chi connectivity index (χ0n) is 18.5. The lowest BCUT2D eigenvalue weighted by molar-refractivity contribution is -0.136. The minimum absolute atomic E-state index is 0.123. The van der Waals surface area contributed by atoms with E-state index in [4.69, 9.17) is 23.2 Å². The second-order valence-electron chi connectivity index (χ2n) is 8.25. The second kappa shape index (κ2) is 10.9. The van der Waals surface area contributed by atoms with Crippen LogP contribution >= 0.6 is 23.2 Å². The van der Waals surface area contributed by atoms with Crippen LogP contribution in [0.25, 0.3) is 11.1 Å². The van der Waals surface area contributed by atoms with E-state index < -0.39 is 0 Å². The Morgan fingerprint density at radius 1 is 0.735 bits per heavy atom. The van der Waals surface area contributed by atoms with E-state index in [2.05, 4.69) is 0 Å². The largest absolute Gasteiger partial charge is 0.339 e. The molecule has 1 saturated heterocycles. The highest BCUT2D eigenvalue weighted by molar-refractivity contribution is 6.35.